The Bertz CT molecular complexity index is 960. The van der Waals surface area contributed by atoms with Gasteiger partial charge in [0.1, 0.15) is 18.1 Å². The van der Waals surface area contributed by atoms with Crippen molar-refractivity contribution in [1.82, 2.24) is 4.90 Å². The van der Waals surface area contributed by atoms with Crippen LogP contribution in [0.4, 0.5) is 13.6 Å². The van der Waals surface area contributed by atoms with Crippen molar-refractivity contribution in [2.24, 2.45) is 0 Å². The Hall–Kier alpha value is -2.85. The fraction of sp³-hybridized carbons (Fsp3) is 0.462. The van der Waals surface area contributed by atoms with E-state index in [0.717, 1.165) is 36.3 Å². The molecule has 0 saturated heterocycles. The van der Waals surface area contributed by atoms with Crippen LogP contribution in [0.1, 0.15) is 32.3 Å². The van der Waals surface area contributed by atoms with Crippen LogP contribution in [0.15, 0.2) is 42.5 Å². The highest BCUT2D eigenvalue weighted by atomic mass is 32.2. The SMILES string of the molecule is CCCCSCCN(CCOc1ccc(CC(OCC)C(=O)O)cc1)C(=O)Oc1ccc(F)c(F)c1. The van der Waals surface area contributed by atoms with E-state index in [1.165, 1.54) is 11.0 Å². The molecule has 1 unspecified atom stereocenters. The van der Waals surface area contributed by atoms with Crippen LogP contribution < -0.4 is 9.47 Å². The van der Waals surface area contributed by atoms with Crippen molar-refractivity contribution >= 4 is 23.8 Å². The lowest BCUT2D eigenvalue weighted by atomic mass is 10.1. The molecular weight excluding hydrogens is 492 g/mol. The number of aliphatic carboxylic acids is 1. The Kier molecular flexibility index (Phi) is 13.1. The first-order valence-corrected chi connectivity index (χ1v) is 13.0. The summed E-state index contributed by atoms with van der Waals surface area (Å²) in [6, 6.07) is 9.93. The van der Waals surface area contributed by atoms with Crippen molar-refractivity contribution in [1.29, 1.82) is 0 Å². The number of carboxylic acids is 1. The second kappa shape index (κ2) is 16.0. The second-order valence-electron chi connectivity index (χ2n) is 7.88. The summed E-state index contributed by atoms with van der Waals surface area (Å²) in [6.07, 6.45) is 0.825. The van der Waals surface area contributed by atoms with Crippen LogP contribution in [0, 0.1) is 11.6 Å². The van der Waals surface area contributed by atoms with Crippen LogP contribution in [0.2, 0.25) is 0 Å². The number of hydrogen-bond donors (Lipinski definition) is 1. The quantitative estimate of drug-likeness (QED) is 0.293. The highest BCUT2D eigenvalue weighted by Crippen LogP contribution is 2.18. The van der Waals surface area contributed by atoms with Crippen molar-refractivity contribution in [3.05, 3.63) is 59.7 Å². The lowest BCUT2D eigenvalue weighted by Crippen LogP contribution is -2.38. The molecule has 2 aromatic rings. The highest BCUT2D eigenvalue weighted by Gasteiger charge is 2.19. The summed E-state index contributed by atoms with van der Waals surface area (Å²) in [5, 5.41) is 9.23. The van der Waals surface area contributed by atoms with Crippen molar-refractivity contribution in [3.8, 4) is 11.5 Å². The Morgan fingerprint density at radius 3 is 2.36 bits per heavy atom. The van der Waals surface area contributed by atoms with Crippen LogP contribution in [0.3, 0.4) is 0 Å². The molecule has 1 amide bonds. The summed E-state index contributed by atoms with van der Waals surface area (Å²) in [6.45, 7) is 4.98. The zero-order valence-electron chi connectivity index (χ0n) is 20.6. The van der Waals surface area contributed by atoms with Crippen molar-refractivity contribution in [2.45, 2.75) is 39.2 Å². The molecule has 0 bridgehead atoms. The van der Waals surface area contributed by atoms with Gasteiger partial charge in [-0.25, -0.2) is 18.4 Å². The summed E-state index contributed by atoms with van der Waals surface area (Å²) in [5.74, 6) is -0.956. The Morgan fingerprint density at radius 2 is 1.72 bits per heavy atom. The van der Waals surface area contributed by atoms with Gasteiger partial charge in [-0.1, -0.05) is 25.5 Å². The molecule has 7 nitrogen and oxygen atoms in total. The standard InChI is InChI=1S/C26H33F2NO6S/c1-3-5-15-36-16-13-29(26(32)35-21-10-11-22(27)23(28)18-21)12-14-34-20-8-6-19(7-9-20)17-24(25(30)31)33-4-2/h6-11,18,24H,3-5,12-17H2,1-2H3,(H,30,31). The molecule has 1 N–H and O–H groups in total. The summed E-state index contributed by atoms with van der Waals surface area (Å²) in [7, 11) is 0. The second-order valence-corrected chi connectivity index (χ2v) is 9.10. The number of rotatable bonds is 16. The molecule has 1 atom stereocenters. The Labute approximate surface area is 214 Å². The summed E-state index contributed by atoms with van der Waals surface area (Å²) in [4.78, 5) is 25.4. The van der Waals surface area contributed by atoms with E-state index in [0.29, 0.717) is 24.7 Å². The maximum Gasteiger partial charge on any atom is 0.415 e. The summed E-state index contributed by atoms with van der Waals surface area (Å²) >= 11 is 1.72. The first kappa shape index (κ1) is 29.4. The van der Waals surface area contributed by atoms with Crippen LogP contribution in [-0.2, 0) is 16.0 Å². The third kappa shape index (κ3) is 10.4. The molecule has 2 rings (SSSR count). The first-order chi connectivity index (χ1) is 17.3. The van der Waals surface area contributed by atoms with E-state index in [9.17, 15) is 23.5 Å². The molecule has 0 spiro atoms. The molecule has 0 saturated carbocycles. The monoisotopic (exact) mass is 525 g/mol. The molecule has 0 aliphatic heterocycles. The fourth-order valence-corrected chi connectivity index (χ4v) is 4.20. The molecular formula is C26H33F2NO6S. The third-order valence-electron chi connectivity index (χ3n) is 5.12. The minimum atomic E-state index is -1.09. The molecule has 0 aromatic heterocycles. The number of ether oxygens (including phenoxy) is 3. The normalized spacial score (nSPS) is 11.7. The number of amides is 1. The molecule has 10 heteroatoms. The fourth-order valence-electron chi connectivity index (χ4n) is 3.15. The van der Waals surface area contributed by atoms with Gasteiger partial charge in [0.2, 0.25) is 0 Å². The molecule has 198 valence electrons. The van der Waals surface area contributed by atoms with Crippen molar-refractivity contribution in [2.75, 3.05) is 37.8 Å². The Balaban J connectivity index is 1.92. The molecule has 36 heavy (non-hydrogen) atoms. The number of carboxylic acid groups (broad SMARTS) is 1. The summed E-state index contributed by atoms with van der Waals surface area (Å²) < 4.78 is 42.9. The zero-order valence-corrected chi connectivity index (χ0v) is 21.4. The minimum absolute atomic E-state index is 0.0780. The van der Waals surface area contributed by atoms with Gasteiger partial charge in [-0.2, -0.15) is 11.8 Å². The number of carbonyl (C=O) groups excluding carboxylic acids is 1. The topological polar surface area (TPSA) is 85.3 Å². The number of halogens is 2. The average Bonchev–Trinajstić information content (AvgIpc) is 2.85. The molecule has 0 heterocycles. The first-order valence-electron chi connectivity index (χ1n) is 11.9. The van der Waals surface area contributed by atoms with E-state index in [1.54, 1.807) is 43.0 Å². The number of hydrogen-bond acceptors (Lipinski definition) is 6. The van der Waals surface area contributed by atoms with Crippen LogP contribution in [0.25, 0.3) is 0 Å². The van der Waals surface area contributed by atoms with Crippen LogP contribution in [0.5, 0.6) is 11.5 Å². The number of nitrogens with zero attached hydrogens (tertiary/aromatic N) is 1. The van der Waals surface area contributed by atoms with E-state index < -0.39 is 29.8 Å². The summed E-state index contributed by atoms with van der Waals surface area (Å²) in [5.41, 5.74) is 0.795. The maximum atomic E-state index is 13.5. The van der Waals surface area contributed by atoms with Gasteiger partial charge in [-0.3, -0.25) is 0 Å². The number of carbonyl (C=O) groups is 2. The van der Waals surface area contributed by atoms with Gasteiger partial charge in [-0.15, -0.1) is 0 Å². The number of unbranched alkanes of at least 4 members (excludes halogenated alkanes) is 1. The van der Waals surface area contributed by atoms with Gasteiger partial charge in [0, 0.05) is 31.4 Å². The zero-order chi connectivity index (χ0) is 26.3. The van der Waals surface area contributed by atoms with Crippen molar-refractivity contribution < 1.29 is 37.7 Å². The van der Waals surface area contributed by atoms with E-state index in [2.05, 4.69) is 6.92 Å². The molecule has 0 radical (unpaired) electrons. The van der Waals surface area contributed by atoms with Crippen molar-refractivity contribution in [3.63, 3.8) is 0 Å². The molecule has 2 aromatic carbocycles. The van der Waals surface area contributed by atoms with E-state index in [-0.39, 0.29) is 25.3 Å². The smallest absolute Gasteiger partial charge is 0.415 e. The van der Waals surface area contributed by atoms with E-state index in [1.807, 2.05) is 0 Å². The van der Waals surface area contributed by atoms with Gasteiger partial charge in [-0.05, 0) is 48.9 Å². The lowest BCUT2D eigenvalue weighted by Gasteiger charge is -2.22. The predicted molar refractivity (Wildman–Crippen MR) is 135 cm³/mol. The van der Waals surface area contributed by atoms with E-state index in [4.69, 9.17) is 14.2 Å². The number of benzene rings is 2. The molecule has 0 aliphatic rings. The Morgan fingerprint density at radius 1 is 1.00 bits per heavy atom. The molecule has 0 aliphatic carbocycles. The van der Waals surface area contributed by atoms with Crippen LogP contribution >= 0.6 is 11.8 Å². The van der Waals surface area contributed by atoms with Crippen LogP contribution in [-0.4, -0.2) is 66.0 Å². The van der Waals surface area contributed by atoms with Gasteiger partial charge in [0.05, 0.1) is 6.54 Å². The predicted octanol–water partition coefficient (Wildman–Crippen LogP) is 5.41. The molecule has 0 fully saturated rings. The largest absolute Gasteiger partial charge is 0.492 e. The number of thioether (sulfide) groups is 1. The lowest BCUT2D eigenvalue weighted by molar-refractivity contribution is -0.149. The van der Waals surface area contributed by atoms with E-state index >= 15 is 0 Å². The van der Waals surface area contributed by atoms with Gasteiger partial charge in [0.15, 0.2) is 17.7 Å². The third-order valence-corrected chi connectivity index (χ3v) is 6.17. The van der Waals surface area contributed by atoms with Gasteiger partial charge < -0.3 is 24.2 Å². The van der Waals surface area contributed by atoms with Gasteiger partial charge >= 0.3 is 12.1 Å². The van der Waals surface area contributed by atoms with Gasteiger partial charge in [0.25, 0.3) is 0 Å². The highest BCUT2D eigenvalue weighted by molar-refractivity contribution is 7.99. The minimum Gasteiger partial charge on any atom is -0.492 e. The maximum absolute atomic E-state index is 13.5. The average molecular weight is 526 g/mol.